The van der Waals surface area contributed by atoms with Crippen molar-refractivity contribution < 1.29 is 19.0 Å². The summed E-state index contributed by atoms with van der Waals surface area (Å²) in [6.45, 7) is -0.232. The lowest BCUT2D eigenvalue weighted by Gasteiger charge is -2.03. The van der Waals surface area contributed by atoms with Gasteiger partial charge in [-0.05, 0) is 17.5 Å². The molecule has 0 spiro atoms. The molecular weight excluding hydrogens is 358 g/mol. The van der Waals surface area contributed by atoms with Crippen molar-refractivity contribution in [3.05, 3.63) is 62.3 Å². The van der Waals surface area contributed by atoms with Gasteiger partial charge in [0.05, 0.1) is 20.4 Å². The van der Waals surface area contributed by atoms with Crippen LogP contribution in [0.15, 0.2) is 40.2 Å². The Kier molecular flexibility index (Phi) is 4.54. The molecular formula is C14H8ClN3O5S. The number of nitro groups is 1. The maximum absolute atomic E-state index is 12.0. The van der Waals surface area contributed by atoms with Gasteiger partial charge in [-0.25, -0.2) is 4.79 Å². The number of nitrogens with zero attached hydrogens (tertiary/aromatic N) is 3. The third-order valence-electron chi connectivity index (χ3n) is 2.92. The quantitative estimate of drug-likeness (QED) is 0.385. The highest BCUT2D eigenvalue weighted by atomic mass is 35.5. The molecule has 1 aromatic carbocycles. The first-order valence-corrected chi connectivity index (χ1v) is 7.78. The van der Waals surface area contributed by atoms with Crippen molar-refractivity contribution in [3.63, 3.8) is 0 Å². The fourth-order valence-electron chi connectivity index (χ4n) is 1.81. The summed E-state index contributed by atoms with van der Waals surface area (Å²) in [5.41, 5.74) is -0.200. The molecule has 0 aliphatic rings. The number of nitro benzene ring substituents is 1. The van der Waals surface area contributed by atoms with E-state index < -0.39 is 10.9 Å². The summed E-state index contributed by atoms with van der Waals surface area (Å²) >= 11 is 7.32. The summed E-state index contributed by atoms with van der Waals surface area (Å²) in [4.78, 5) is 27.0. The Bertz CT molecular complexity index is 894. The van der Waals surface area contributed by atoms with Gasteiger partial charge in [0.1, 0.15) is 0 Å². The molecule has 122 valence electrons. The zero-order chi connectivity index (χ0) is 17.1. The standard InChI is InChI=1S/C14H8ClN3O5S/c15-10-6-8(18(20)21)3-4-9(10)14(19)22-7-12-16-13(17-23-12)11-2-1-5-24-11/h1-6H,7H2. The zero-order valence-electron chi connectivity index (χ0n) is 11.8. The molecule has 0 saturated heterocycles. The van der Waals surface area contributed by atoms with E-state index in [0.717, 1.165) is 10.9 Å². The van der Waals surface area contributed by atoms with Crippen molar-refractivity contribution in [3.8, 4) is 10.7 Å². The molecule has 0 atom stereocenters. The second-order valence-corrected chi connectivity index (χ2v) is 5.84. The third-order valence-corrected chi connectivity index (χ3v) is 4.10. The normalized spacial score (nSPS) is 10.5. The van der Waals surface area contributed by atoms with E-state index in [1.165, 1.54) is 23.5 Å². The number of hydrogen-bond acceptors (Lipinski definition) is 8. The van der Waals surface area contributed by atoms with Gasteiger partial charge >= 0.3 is 5.97 Å². The highest BCUT2D eigenvalue weighted by Crippen LogP contribution is 2.24. The molecule has 0 aliphatic carbocycles. The lowest BCUT2D eigenvalue weighted by Crippen LogP contribution is -2.06. The van der Waals surface area contributed by atoms with Crippen molar-refractivity contribution in [1.29, 1.82) is 0 Å². The summed E-state index contributed by atoms with van der Waals surface area (Å²) in [5.74, 6) is -0.208. The Labute approximate surface area is 143 Å². The van der Waals surface area contributed by atoms with Crippen LogP contribution in [0.1, 0.15) is 16.2 Å². The highest BCUT2D eigenvalue weighted by molar-refractivity contribution is 7.13. The van der Waals surface area contributed by atoms with Crippen LogP contribution in [0.3, 0.4) is 0 Å². The van der Waals surface area contributed by atoms with Crippen LogP contribution in [0.5, 0.6) is 0 Å². The number of carbonyl (C=O) groups excluding carboxylic acids is 1. The fraction of sp³-hybridized carbons (Fsp3) is 0.0714. The van der Waals surface area contributed by atoms with Crippen LogP contribution in [0, 0.1) is 10.1 Å². The summed E-state index contributed by atoms with van der Waals surface area (Å²) in [7, 11) is 0. The number of aromatic nitrogens is 2. The number of ether oxygens (including phenoxy) is 1. The SMILES string of the molecule is O=C(OCc1nc(-c2cccs2)no1)c1ccc([N+](=O)[O-])cc1Cl. The van der Waals surface area contributed by atoms with Crippen molar-refractivity contribution in [2.24, 2.45) is 0 Å². The Morgan fingerprint density at radius 2 is 2.25 bits per heavy atom. The van der Waals surface area contributed by atoms with Gasteiger partial charge in [0.25, 0.3) is 11.6 Å². The van der Waals surface area contributed by atoms with E-state index >= 15 is 0 Å². The minimum atomic E-state index is -0.745. The van der Waals surface area contributed by atoms with Gasteiger partial charge in [0.15, 0.2) is 6.61 Å². The van der Waals surface area contributed by atoms with Crippen molar-refractivity contribution in [1.82, 2.24) is 10.1 Å². The molecule has 3 rings (SSSR count). The molecule has 0 fully saturated rings. The predicted octanol–water partition coefficient (Wildman–Crippen LogP) is 3.72. The topological polar surface area (TPSA) is 108 Å². The number of halogens is 1. The Morgan fingerprint density at radius 3 is 2.92 bits per heavy atom. The van der Waals surface area contributed by atoms with Gasteiger partial charge in [-0.2, -0.15) is 4.98 Å². The average Bonchev–Trinajstić information content (AvgIpc) is 3.23. The van der Waals surface area contributed by atoms with E-state index in [-0.39, 0.29) is 28.8 Å². The van der Waals surface area contributed by atoms with Gasteiger partial charge in [-0.1, -0.05) is 22.8 Å². The summed E-state index contributed by atoms with van der Waals surface area (Å²) in [5, 5.41) is 16.2. The highest BCUT2D eigenvalue weighted by Gasteiger charge is 2.17. The number of rotatable bonds is 5. The first-order chi connectivity index (χ1) is 11.5. The molecule has 3 aromatic rings. The van der Waals surface area contributed by atoms with Gasteiger partial charge in [0.2, 0.25) is 5.82 Å². The second kappa shape index (κ2) is 6.77. The van der Waals surface area contributed by atoms with E-state index in [4.69, 9.17) is 20.9 Å². The third kappa shape index (κ3) is 3.42. The fourth-order valence-corrected chi connectivity index (χ4v) is 2.71. The Morgan fingerprint density at radius 1 is 1.42 bits per heavy atom. The number of benzene rings is 1. The molecule has 0 aliphatic heterocycles. The van der Waals surface area contributed by atoms with E-state index in [2.05, 4.69) is 10.1 Å². The molecule has 24 heavy (non-hydrogen) atoms. The molecule has 10 heteroatoms. The molecule has 8 nitrogen and oxygen atoms in total. The first-order valence-electron chi connectivity index (χ1n) is 6.52. The van der Waals surface area contributed by atoms with E-state index in [0.29, 0.717) is 5.82 Å². The maximum Gasteiger partial charge on any atom is 0.340 e. The minimum Gasteiger partial charge on any atom is -0.452 e. The van der Waals surface area contributed by atoms with Crippen molar-refractivity contribution in [2.75, 3.05) is 0 Å². The number of esters is 1. The van der Waals surface area contributed by atoms with Gasteiger partial charge in [-0.15, -0.1) is 11.3 Å². The van der Waals surface area contributed by atoms with Gasteiger partial charge < -0.3 is 9.26 Å². The molecule has 0 saturated carbocycles. The largest absolute Gasteiger partial charge is 0.452 e. The molecule has 0 bridgehead atoms. The predicted molar refractivity (Wildman–Crippen MR) is 84.8 cm³/mol. The number of carbonyl (C=O) groups is 1. The summed E-state index contributed by atoms with van der Waals surface area (Å²) in [6.07, 6.45) is 0. The number of non-ortho nitro benzene ring substituents is 1. The second-order valence-electron chi connectivity index (χ2n) is 4.49. The van der Waals surface area contributed by atoms with Gasteiger partial charge in [-0.3, -0.25) is 10.1 Å². The molecule has 0 radical (unpaired) electrons. The number of thiophene rings is 1. The molecule has 0 N–H and O–H groups in total. The van der Waals surface area contributed by atoms with Crippen LogP contribution in [-0.4, -0.2) is 21.0 Å². The Hall–Kier alpha value is -2.78. The van der Waals surface area contributed by atoms with Crippen molar-refractivity contribution >= 4 is 34.6 Å². The molecule has 2 heterocycles. The maximum atomic E-state index is 12.0. The van der Waals surface area contributed by atoms with Crippen LogP contribution in [0.4, 0.5) is 5.69 Å². The molecule has 0 amide bonds. The van der Waals surface area contributed by atoms with Crippen LogP contribution in [0.2, 0.25) is 5.02 Å². The van der Waals surface area contributed by atoms with E-state index in [9.17, 15) is 14.9 Å². The van der Waals surface area contributed by atoms with Crippen LogP contribution in [-0.2, 0) is 11.3 Å². The Balaban J connectivity index is 1.66. The van der Waals surface area contributed by atoms with Crippen LogP contribution >= 0.6 is 22.9 Å². The lowest BCUT2D eigenvalue weighted by molar-refractivity contribution is -0.384. The van der Waals surface area contributed by atoms with Gasteiger partial charge in [0, 0.05) is 12.1 Å². The van der Waals surface area contributed by atoms with Crippen LogP contribution < -0.4 is 0 Å². The lowest BCUT2D eigenvalue weighted by atomic mass is 10.2. The number of hydrogen-bond donors (Lipinski definition) is 0. The molecule has 2 aromatic heterocycles. The first kappa shape index (κ1) is 16.1. The minimum absolute atomic E-state index is 0.0141. The summed E-state index contributed by atoms with van der Waals surface area (Å²) in [6, 6.07) is 7.17. The average molecular weight is 366 g/mol. The van der Waals surface area contributed by atoms with E-state index in [1.54, 1.807) is 0 Å². The zero-order valence-corrected chi connectivity index (χ0v) is 13.4. The molecule has 0 unspecified atom stereocenters. The smallest absolute Gasteiger partial charge is 0.340 e. The van der Waals surface area contributed by atoms with E-state index in [1.807, 2.05) is 17.5 Å². The monoisotopic (exact) mass is 365 g/mol. The summed E-state index contributed by atoms with van der Waals surface area (Å²) < 4.78 is 10.0. The van der Waals surface area contributed by atoms with Crippen molar-refractivity contribution in [2.45, 2.75) is 6.61 Å². The van der Waals surface area contributed by atoms with Crippen LogP contribution in [0.25, 0.3) is 10.7 Å².